The molecule has 0 spiro atoms. The van der Waals surface area contributed by atoms with Crippen molar-refractivity contribution in [3.8, 4) is 0 Å². The fourth-order valence-electron chi connectivity index (χ4n) is 4.42. The lowest BCUT2D eigenvalue weighted by Crippen LogP contribution is -2.19. The van der Waals surface area contributed by atoms with Gasteiger partial charge in [-0.05, 0) is 104 Å². The number of benzene rings is 4. The number of carbonyl (C=O) groups excluding carboxylic acids is 2. The zero-order valence-electron chi connectivity index (χ0n) is 24.3. The lowest BCUT2D eigenvalue weighted by atomic mass is 10.1. The Bertz CT molecular complexity index is 2070. The summed E-state index contributed by atoms with van der Waals surface area (Å²) in [5.41, 5.74) is 6.41. The predicted octanol–water partition coefficient (Wildman–Crippen LogP) is 8.42. The number of thiazole rings is 1. The molecule has 224 valence electrons. The minimum atomic E-state index is -0.440. The number of rotatable bonds is 7. The summed E-state index contributed by atoms with van der Waals surface area (Å²) in [4.78, 5) is 46.9. The molecule has 0 radical (unpaired) electrons. The number of hydrogen-bond donors (Lipinski definition) is 2. The SMILES string of the molecule is Cc1ccc(C(=O)Nc2ccc3nc(Sc4ccc(/C=C5\SC(=Nc6ccc(C)c(C)c6)NC5=O)cc4[N+](=O)[O-])sc3c2)cc1. The molecule has 45 heavy (non-hydrogen) atoms. The molecule has 4 aromatic carbocycles. The fraction of sp³-hybridized carbons (Fsp3) is 0.0909. The average Bonchev–Trinajstić information content (AvgIpc) is 3.57. The molecule has 0 unspecified atom stereocenters. The molecule has 5 aromatic rings. The molecule has 0 atom stereocenters. The van der Waals surface area contributed by atoms with Gasteiger partial charge >= 0.3 is 0 Å². The second-order valence-corrected chi connectivity index (χ2v) is 13.7. The van der Waals surface area contributed by atoms with Gasteiger partial charge in [0.15, 0.2) is 9.51 Å². The first-order valence-corrected chi connectivity index (χ1v) is 16.2. The lowest BCUT2D eigenvalue weighted by Gasteiger charge is -2.05. The highest BCUT2D eigenvalue weighted by Crippen LogP contribution is 2.40. The molecule has 2 amide bonds. The van der Waals surface area contributed by atoms with Crippen molar-refractivity contribution in [3.63, 3.8) is 0 Å². The Kier molecular flexibility index (Phi) is 8.52. The van der Waals surface area contributed by atoms with Crippen LogP contribution in [0.15, 0.2) is 98.0 Å². The van der Waals surface area contributed by atoms with Gasteiger partial charge in [-0.2, -0.15) is 0 Å². The van der Waals surface area contributed by atoms with Crippen molar-refractivity contribution in [1.82, 2.24) is 10.3 Å². The molecule has 0 bridgehead atoms. The molecule has 2 heterocycles. The molecule has 6 rings (SSSR count). The lowest BCUT2D eigenvalue weighted by molar-refractivity contribution is -0.387. The quantitative estimate of drug-likeness (QED) is 0.103. The Morgan fingerprint density at radius 2 is 1.80 bits per heavy atom. The van der Waals surface area contributed by atoms with E-state index in [1.807, 2.05) is 63.2 Å². The number of hydrogen-bond acceptors (Lipinski definition) is 9. The smallest absolute Gasteiger partial charge is 0.283 e. The first-order valence-electron chi connectivity index (χ1n) is 13.7. The zero-order chi connectivity index (χ0) is 31.7. The molecular formula is C33H25N5O4S3. The number of aromatic nitrogens is 1. The molecule has 2 N–H and O–H groups in total. The highest BCUT2D eigenvalue weighted by Gasteiger charge is 2.25. The third kappa shape index (κ3) is 6.98. The number of carbonyl (C=O) groups is 2. The molecule has 1 fully saturated rings. The van der Waals surface area contributed by atoms with Crippen molar-refractivity contribution in [2.75, 3.05) is 5.32 Å². The van der Waals surface area contributed by atoms with Gasteiger partial charge in [-0.15, -0.1) is 11.3 Å². The van der Waals surface area contributed by atoms with Crippen molar-refractivity contribution in [1.29, 1.82) is 0 Å². The van der Waals surface area contributed by atoms with E-state index in [2.05, 4.69) is 20.6 Å². The van der Waals surface area contributed by atoms with E-state index in [1.165, 1.54) is 40.9 Å². The summed E-state index contributed by atoms with van der Waals surface area (Å²) >= 11 is 3.76. The molecular weight excluding hydrogens is 627 g/mol. The normalized spacial score (nSPS) is 14.7. The van der Waals surface area contributed by atoms with Crippen molar-refractivity contribution in [3.05, 3.63) is 122 Å². The number of amides is 2. The van der Waals surface area contributed by atoms with Crippen LogP contribution in [0.1, 0.15) is 32.6 Å². The number of aliphatic imine (C=N–C) groups is 1. The molecule has 1 saturated heterocycles. The summed E-state index contributed by atoms with van der Waals surface area (Å²) in [5, 5.41) is 18.2. The van der Waals surface area contributed by atoms with Gasteiger partial charge in [0, 0.05) is 17.3 Å². The zero-order valence-corrected chi connectivity index (χ0v) is 26.7. The number of nitrogens with one attached hydrogen (secondary N) is 2. The Morgan fingerprint density at radius 1 is 1.00 bits per heavy atom. The maximum atomic E-state index is 12.7. The number of aryl methyl sites for hydroxylation is 3. The van der Waals surface area contributed by atoms with Gasteiger partial charge < -0.3 is 10.6 Å². The van der Waals surface area contributed by atoms with Crippen molar-refractivity contribution >= 4 is 85.2 Å². The number of thioether (sulfide) groups is 1. The van der Waals surface area contributed by atoms with E-state index in [9.17, 15) is 19.7 Å². The van der Waals surface area contributed by atoms with Gasteiger partial charge in [0.05, 0.1) is 30.6 Å². The third-order valence-corrected chi connectivity index (χ3v) is 10.0. The Labute approximate surface area is 271 Å². The van der Waals surface area contributed by atoms with Crippen LogP contribution in [0.3, 0.4) is 0 Å². The van der Waals surface area contributed by atoms with E-state index in [0.717, 1.165) is 32.6 Å². The van der Waals surface area contributed by atoms with E-state index in [4.69, 9.17) is 0 Å². The third-order valence-electron chi connectivity index (χ3n) is 6.99. The van der Waals surface area contributed by atoms with Crippen LogP contribution >= 0.6 is 34.9 Å². The number of fused-ring (bicyclic) bond motifs is 1. The predicted molar refractivity (Wildman–Crippen MR) is 183 cm³/mol. The van der Waals surface area contributed by atoms with E-state index < -0.39 is 4.92 Å². The van der Waals surface area contributed by atoms with Gasteiger partial charge in [0.25, 0.3) is 17.5 Å². The van der Waals surface area contributed by atoms with Crippen LogP contribution in [-0.4, -0.2) is 26.9 Å². The van der Waals surface area contributed by atoms with E-state index in [-0.39, 0.29) is 17.5 Å². The minimum Gasteiger partial charge on any atom is -0.322 e. The maximum absolute atomic E-state index is 12.7. The molecule has 0 aliphatic carbocycles. The van der Waals surface area contributed by atoms with Crippen LogP contribution in [0.5, 0.6) is 0 Å². The molecule has 1 aliphatic heterocycles. The summed E-state index contributed by atoms with van der Waals surface area (Å²) in [6.07, 6.45) is 1.62. The monoisotopic (exact) mass is 651 g/mol. The molecule has 9 nitrogen and oxygen atoms in total. The Hall–Kier alpha value is -4.78. The number of amidine groups is 1. The van der Waals surface area contributed by atoms with Gasteiger partial charge in [0.1, 0.15) is 0 Å². The number of nitro benzene ring substituents is 1. The van der Waals surface area contributed by atoms with E-state index in [0.29, 0.717) is 36.1 Å². The molecule has 1 aromatic heterocycles. The van der Waals surface area contributed by atoms with Gasteiger partial charge in [0.2, 0.25) is 0 Å². The number of anilines is 1. The number of nitrogens with zero attached hydrogens (tertiary/aromatic N) is 3. The van der Waals surface area contributed by atoms with Crippen LogP contribution in [0.25, 0.3) is 16.3 Å². The summed E-state index contributed by atoms with van der Waals surface area (Å²) in [5.74, 6) is -0.523. The molecule has 0 saturated carbocycles. The van der Waals surface area contributed by atoms with Crippen LogP contribution < -0.4 is 10.6 Å². The first kappa shape index (κ1) is 30.3. The Balaban J connectivity index is 1.19. The fourth-order valence-corrected chi connectivity index (χ4v) is 7.41. The van der Waals surface area contributed by atoms with E-state index >= 15 is 0 Å². The van der Waals surface area contributed by atoms with E-state index in [1.54, 1.807) is 36.4 Å². The minimum absolute atomic E-state index is 0.0907. The van der Waals surface area contributed by atoms with Gasteiger partial charge in [-0.1, -0.05) is 41.6 Å². The topological polar surface area (TPSA) is 127 Å². The summed E-state index contributed by atoms with van der Waals surface area (Å²) < 4.78 is 1.46. The highest BCUT2D eigenvalue weighted by molar-refractivity contribution is 8.18. The summed E-state index contributed by atoms with van der Waals surface area (Å²) in [6, 6.07) is 23.4. The Morgan fingerprint density at radius 3 is 2.56 bits per heavy atom. The largest absolute Gasteiger partial charge is 0.322 e. The molecule has 12 heteroatoms. The van der Waals surface area contributed by atoms with Crippen molar-refractivity contribution < 1.29 is 14.5 Å². The first-order chi connectivity index (χ1) is 21.6. The van der Waals surface area contributed by atoms with Crippen LogP contribution in [0.4, 0.5) is 17.1 Å². The second-order valence-electron chi connectivity index (χ2n) is 10.3. The summed E-state index contributed by atoms with van der Waals surface area (Å²) in [7, 11) is 0. The van der Waals surface area contributed by atoms with Crippen molar-refractivity contribution in [2.24, 2.45) is 4.99 Å². The van der Waals surface area contributed by atoms with Gasteiger partial charge in [-0.3, -0.25) is 19.7 Å². The second kappa shape index (κ2) is 12.7. The van der Waals surface area contributed by atoms with Gasteiger partial charge in [-0.25, -0.2) is 9.98 Å². The average molecular weight is 652 g/mol. The number of nitro groups is 1. The van der Waals surface area contributed by atoms with Crippen LogP contribution in [-0.2, 0) is 4.79 Å². The van der Waals surface area contributed by atoms with Crippen LogP contribution in [0.2, 0.25) is 0 Å². The maximum Gasteiger partial charge on any atom is 0.283 e. The van der Waals surface area contributed by atoms with Crippen LogP contribution in [0, 0.1) is 30.9 Å². The molecule has 1 aliphatic rings. The highest BCUT2D eigenvalue weighted by atomic mass is 32.2. The summed E-state index contributed by atoms with van der Waals surface area (Å²) in [6.45, 7) is 5.99. The van der Waals surface area contributed by atoms with Crippen molar-refractivity contribution in [2.45, 2.75) is 30.0 Å². The standard InChI is InChI=1S/C33H25N5O4S3/c1-18-4-8-22(9-5-18)30(39)34-24-11-12-25-28(17-24)45-33(36-25)44-27-13-7-21(15-26(27)38(41)42)16-29-31(40)37-32(43-29)35-23-10-6-19(2)20(3)14-23/h4-17H,1-3H3,(H,34,39)(H,35,37,40)/b29-16-.